The number of fused-ring (bicyclic) bond motifs is 1. The van der Waals surface area contributed by atoms with Crippen LogP contribution >= 0.6 is 0 Å². The molecule has 0 radical (unpaired) electrons. The summed E-state index contributed by atoms with van der Waals surface area (Å²) in [7, 11) is 0. The summed E-state index contributed by atoms with van der Waals surface area (Å²) in [6, 6.07) is 24.1. The molecule has 0 aliphatic carbocycles. The van der Waals surface area contributed by atoms with E-state index in [1.807, 2.05) is 59.5 Å². The molecule has 1 aliphatic heterocycles. The number of amides is 1. The van der Waals surface area contributed by atoms with Gasteiger partial charge in [-0.3, -0.25) is 9.78 Å². The first-order chi connectivity index (χ1) is 15.2. The molecule has 5 heteroatoms. The van der Waals surface area contributed by atoms with Crippen molar-refractivity contribution in [3.8, 4) is 11.1 Å². The lowest BCUT2D eigenvalue weighted by atomic mass is 9.97. The van der Waals surface area contributed by atoms with Gasteiger partial charge in [-0.15, -0.1) is 0 Å². The Morgan fingerprint density at radius 1 is 1.00 bits per heavy atom. The number of para-hydroxylation sites is 2. The average molecular weight is 409 g/mol. The fourth-order valence-corrected chi connectivity index (χ4v) is 4.20. The van der Waals surface area contributed by atoms with Crippen molar-refractivity contribution in [2.45, 2.75) is 19.4 Å². The number of nitrogens with one attached hydrogen (secondary N) is 1. The van der Waals surface area contributed by atoms with Gasteiger partial charge < -0.3 is 10.2 Å². The molecule has 1 N–H and O–H groups in total. The highest BCUT2D eigenvalue weighted by atomic mass is 16.2. The fraction of sp³-hybridized carbons (Fsp3) is 0.192. The van der Waals surface area contributed by atoms with E-state index in [1.54, 1.807) is 6.20 Å². The molecule has 1 fully saturated rings. The Balaban J connectivity index is 1.33. The SMILES string of the molecule is Cc1cccc(-c2ccccc2C(=O)N2CC[C@@H](Nc3cnc4ccccc4n3)C2)c1. The third-order valence-corrected chi connectivity index (χ3v) is 5.76. The Bertz CT molecular complexity index is 1250. The molecular formula is C26H24N4O. The van der Waals surface area contributed by atoms with Crippen LogP contribution < -0.4 is 5.32 Å². The number of nitrogens with zero attached hydrogens (tertiary/aromatic N) is 3. The van der Waals surface area contributed by atoms with Crippen molar-refractivity contribution in [2.75, 3.05) is 18.4 Å². The van der Waals surface area contributed by atoms with Gasteiger partial charge in [0, 0.05) is 24.7 Å². The van der Waals surface area contributed by atoms with Crippen LogP contribution in [0.3, 0.4) is 0 Å². The molecular weight excluding hydrogens is 384 g/mol. The van der Waals surface area contributed by atoms with E-state index in [1.165, 1.54) is 5.56 Å². The number of anilines is 1. The van der Waals surface area contributed by atoms with Crippen LogP contribution in [0, 0.1) is 6.92 Å². The molecule has 0 spiro atoms. The molecule has 0 saturated carbocycles. The van der Waals surface area contributed by atoms with Crippen molar-refractivity contribution in [1.82, 2.24) is 14.9 Å². The molecule has 5 nitrogen and oxygen atoms in total. The van der Waals surface area contributed by atoms with E-state index < -0.39 is 0 Å². The maximum Gasteiger partial charge on any atom is 0.254 e. The molecule has 1 aliphatic rings. The summed E-state index contributed by atoms with van der Waals surface area (Å²) in [5, 5.41) is 3.46. The van der Waals surface area contributed by atoms with Gasteiger partial charge in [-0.2, -0.15) is 0 Å². The number of carbonyl (C=O) groups excluding carboxylic acids is 1. The van der Waals surface area contributed by atoms with Crippen molar-refractivity contribution < 1.29 is 4.79 Å². The van der Waals surface area contributed by atoms with Crippen molar-refractivity contribution in [3.05, 3.63) is 90.1 Å². The number of aromatic nitrogens is 2. The highest BCUT2D eigenvalue weighted by Gasteiger charge is 2.28. The Morgan fingerprint density at radius 3 is 2.68 bits per heavy atom. The van der Waals surface area contributed by atoms with E-state index in [-0.39, 0.29) is 11.9 Å². The van der Waals surface area contributed by atoms with Gasteiger partial charge in [0.25, 0.3) is 5.91 Å². The topological polar surface area (TPSA) is 58.1 Å². The number of likely N-dealkylation sites (tertiary alicyclic amines) is 1. The highest BCUT2D eigenvalue weighted by Crippen LogP contribution is 2.27. The first kappa shape index (κ1) is 19.2. The van der Waals surface area contributed by atoms with Crippen molar-refractivity contribution in [3.63, 3.8) is 0 Å². The van der Waals surface area contributed by atoms with E-state index in [0.29, 0.717) is 6.54 Å². The Morgan fingerprint density at radius 2 is 1.81 bits per heavy atom. The number of aryl methyl sites for hydroxylation is 1. The van der Waals surface area contributed by atoms with Gasteiger partial charge in [0.1, 0.15) is 5.82 Å². The quantitative estimate of drug-likeness (QED) is 0.520. The minimum atomic E-state index is 0.0750. The summed E-state index contributed by atoms with van der Waals surface area (Å²) in [4.78, 5) is 24.4. The lowest BCUT2D eigenvalue weighted by molar-refractivity contribution is 0.0792. The normalized spacial score (nSPS) is 15.9. The first-order valence-corrected chi connectivity index (χ1v) is 10.6. The van der Waals surface area contributed by atoms with E-state index in [4.69, 9.17) is 0 Å². The number of benzene rings is 3. The van der Waals surface area contributed by atoms with Crippen LogP contribution in [-0.4, -0.2) is 39.9 Å². The van der Waals surface area contributed by atoms with Crippen LogP contribution in [-0.2, 0) is 0 Å². The summed E-state index contributed by atoms with van der Waals surface area (Å²) < 4.78 is 0. The maximum absolute atomic E-state index is 13.4. The van der Waals surface area contributed by atoms with Crippen LogP contribution in [0.1, 0.15) is 22.3 Å². The molecule has 0 bridgehead atoms. The monoisotopic (exact) mass is 408 g/mol. The van der Waals surface area contributed by atoms with Crippen LogP contribution in [0.25, 0.3) is 22.2 Å². The largest absolute Gasteiger partial charge is 0.364 e. The van der Waals surface area contributed by atoms with E-state index in [0.717, 1.165) is 46.5 Å². The average Bonchev–Trinajstić information content (AvgIpc) is 3.27. The second kappa shape index (κ2) is 8.19. The number of hydrogen-bond donors (Lipinski definition) is 1. The zero-order valence-corrected chi connectivity index (χ0v) is 17.5. The third-order valence-electron chi connectivity index (χ3n) is 5.76. The Hall–Kier alpha value is -3.73. The molecule has 1 amide bonds. The second-order valence-corrected chi connectivity index (χ2v) is 8.04. The lowest BCUT2D eigenvalue weighted by Gasteiger charge is -2.19. The third kappa shape index (κ3) is 3.99. The van der Waals surface area contributed by atoms with Gasteiger partial charge in [0.2, 0.25) is 0 Å². The lowest BCUT2D eigenvalue weighted by Crippen LogP contribution is -2.32. The van der Waals surface area contributed by atoms with Crippen LogP contribution in [0.2, 0.25) is 0 Å². The molecule has 154 valence electrons. The maximum atomic E-state index is 13.4. The van der Waals surface area contributed by atoms with Gasteiger partial charge in [0.15, 0.2) is 0 Å². The van der Waals surface area contributed by atoms with Gasteiger partial charge in [-0.1, -0.05) is 60.2 Å². The van der Waals surface area contributed by atoms with Crippen LogP contribution in [0.5, 0.6) is 0 Å². The first-order valence-electron chi connectivity index (χ1n) is 10.6. The highest BCUT2D eigenvalue weighted by molar-refractivity contribution is 6.01. The van der Waals surface area contributed by atoms with E-state index >= 15 is 0 Å². The summed E-state index contributed by atoms with van der Waals surface area (Å²) in [5.74, 6) is 0.823. The predicted octanol–water partition coefficient (Wildman–Crippen LogP) is 4.93. The molecule has 1 saturated heterocycles. The Labute approximate surface area is 181 Å². The summed E-state index contributed by atoms with van der Waals surface area (Å²) in [5.41, 5.74) is 5.73. The molecule has 0 unspecified atom stereocenters. The number of hydrogen-bond acceptors (Lipinski definition) is 4. The molecule has 1 atom stereocenters. The zero-order valence-electron chi connectivity index (χ0n) is 17.5. The molecule has 1 aromatic heterocycles. The van der Waals surface area contributed by atoms with E-state index in [9.17, 15) is 4.79 Å². The van der Waals surface area contributed by atoms with Crippen molar-refractivity contribution >= 4 is 22.8 Å². The zero-order chi connectivity index (χ0) is 21.2. The van der Waals surface area contributed by atoms with Gasteiger partial charge in [0.05, 0.1) is 17.2 Å². The van der Waals surface area contributed by atoms with Crippen LogP contribution in [0.15, 0.2) is 79.0 Å². The summed E-state index contributed by atoms with van der Waals surface area (Å²) in [6.45, 7) is 3.44. The van der Waals surface area contributed by atoms with Gasteiger partial charge in [-0.05, 0) is 42.7 Å². The van der Waals surface area contributed by atoms with Gasteiger partial charge >= 0.3 is 0 Å². The van der Waals surface area contributed by atoms with Crippen molar-refractivity contribution in [1.29, 1.82) is 0 Å². The molecule has 31 heavy (non-hydrogen) atoms. The smallest absolute Gasteiger partial charge is 0.254 e. The minimum absolute atomic E-state index is 0.0750. The summed E-state index contributed by atoms with van der Waals surface area (Å²) >= 11 is 0. The molecule has 4 aromatic rings. The minimum Gasteiger partial charge on any atom is -0.364 e. The summed E-state index contributed by atoms with van der Waals surface area (Å²) in [6.07, 6.45) is 2.65. The molecule has 2 heterocycles. The molecule has 3 aromatic carbocycles. The number of rotatable bonds is 4. The number of carbonyl (C=O) groups is 1. The van der Waals surface area contributed by atoms with Crippen LogP contribution in [0.4, 0.5) is 5.82 Å². The van der Waals surface area contributed by atoms with E-state index in [2.05, 4.69) is 40.4 Å². The predicted molar refractivity (Wildman–Crippen MR) is 124 cm³/mol. The standard InChI is InChI=1S/C26H24N4O/c1-18-7-6-8-19(15-18)21-9-2-3-10-22(21)26(31)30-14-13-20(17-30)28-25-16-27-23-11-4-5-12-24(23)29-25/h2-12,15-16,20H,13-14,17H2,1H3,(H,28,29)/t20-/m1/s1. The van der Waals surface area contributed by atoms with Gasteiger partial charge in [-0.25, -0.2) is 4.98 Å². The second-order valence-electron chi connectivity index (χ2n) is 8.04. The fourth-order valence-electron chi connectivity index (χ4n) is 4.20. The van der Waals surface area contributed by atoms with Crippen molar-refractivity contribution in [2.24, 2.45) is 0 Å². The molecule has 5 rings (SSSR count). The Kier molecular flexibility index (Phi) is 5.08.